The topological polar surface area (TPSA) is 61.8 Å². The number of ether oxygens (including phenoxy) is 3. The molecule has 0 aromatic heterocycles. The van der Waals surface area contributed by atoms with Gasteiger partial charge >= 0.3 is 11.9 Å². The summed E-state index contributed by atoms with van der Waals surface area (Å²) in [5.41, 5.74) is 0. The van der Waals surface area contributed by atoms with Crippen LogP contribution in [0.2, 0.25) is 0 Å². The zero-order valence-corrected chi connectivity index (χ0v) is 41.0. The normalized spacial score (nSPS) is 12.1. The molecule has 0 bridgehead atoms. The fourth-order valence-electron chi connectivity index (χ4n) is 8.21. The van der Waals surface area contributed by atoms with Crippen LogP contribution in [0.15, 0.2) is 12.2 Å². The Balaban J connectivity index is 4.20. The summed E-state index contributed by atoms with van der Waals surface area (Å²) in [7, 11) is 0. The van der Waals surface area contributed by atoms with Gasteiger partial charge in [-0.3, -0.25) is 9.59 Å². The van der Waals surface area contributed by atoms with Crippen LogP contribution in [0.1, 0.15) is 303 Å². The summed E-state index contributed by atoms with van der Waals surface area (Å²) in [6.45, 7) is 7.89. The first-order valence-electron chi connectivity index (χ1n) is 27.2. The number of rotatable bonds is 51. The van der Waals surface area contributed by atoms with E-state index >= 15 is 0 Å². The molecule has 356 valence electrons. The summed E-state index contributed by atoms with van der Waals surface area (Å²) in [5, 5.41) is 0. The standard InChI is InChI=1S/C55H106O5/c1-4-7-10-13-16-19-22-25-27-28-29-31-33-36-39-42-45-48-54(56)59-52-53(51-58-50-47-44-41-38-35-32-26-23-20-17-14-11-8-5-2)60-55(57)49-46-43-40-37-34-30-24-21-18-15-12-9-6-3/h25,27,53H,4-24,26,28-52H2,1-3H3/b27-25-. The van der Waals surface area contributed by atoms with Crippen LogP contribution < -0.4 is 0 Å². The Morgan fingerprint density at radius 2 is 0.650 bits per heavy atom. The van der Waals surface area contributed by atoms with Crippen LogP contribution in [0.3, 0.4) is 0 Å². The van der Waals surface area contributed by atoms with Crippen LogP contribution in [0.25, 0.3) is 0 Å². The number of allylic oxidation sites excluding steroid dienone is 2. The van der Waals surface area contributed by atoms with Crippen LogP contribution in [-0.4, -0.2) is 37.9 Å². The average molecular weight is 847 g/mol. The lowest BCUT2D eigenvalue weighted by Gasteiger charge is -2.18. The van der Waals surface area contributed by atoms with Gasteiger partial charge in [0, 0.05) is 19.4 Å². The second kappa shape index (κ2) is 52.0. The quantitative estimate of drug-likeness (QED) is 0.0347. The van der Waals surface area contributed by atoms with E-state index in [9.17, 15) is 9.59 Å². The molecular weight excluding hydrogens is 741 g/mol. The predicted octanol–water partition coefficient (Wildman–Crippen LogP) is 18.2. The van der Waals surface area contributed by atoms with Crippen LogP contribution in [-0.2, 0) is 23.8 Å². The first kappa shape index (κ1) is 58.6. The molecule has 0 aromatic rings. The molecule has 0 spiro atoms. The lowest BCUT2D eigenvalue weighted by molar-refractivity contribution is -0.163. The zero-order chi connectivity index (χ0) is 43.5. The number of hydrogen-bond acceptors (Lipinski definition) is 5. The summed E-state index contributed by atoms with van der Waals surface area (Å²) in [6, 6.07) is 0. The SMILES string of the molecule is CCCCCCCC/C=C\CCCCCCCCCC(=O)OCC(COCCCCCCCCCCCCCCCC)OC(=O)CCCCCCCCCCCCCCC. The van der Waals surface area contributed by atoms with E-state index in [0.717, 1.165) is 32.1 Å². The van der Waals surface area contributed by atoms with E-state index in [-0.39, 0.29) is 18.5 Å². The van der Waals surface area contributed by atoms with E-state index in [1.165, 1.54) is 238 Å². The lowest BCUT2D eigenvalue weighted by atomic mass is 10.0. The Kier molecular flexibility index (Phi) is 50.8. The Labute approximate surface area is 375 Å². The van der Waals surface area contributed by atoms with E-state index in [1.807, 2.05) is 0 Å². The van der Waals surface area contributed by atoms with Crippen molar-refractivity contribution in [1.82, 2.24) is 0 Å². The molecule has 0 aliphatic heterocycles. The molecule has 0 saturated carbocycles. The Hall–Kier alpha value is -1.36. The molecule has 5 nitrogen and oxygen atoms in total. The van der Waals surface area contributed by atoms with Crippen molar-refractivity contribution in [2.45, 2.75) is 309 Å². The molecular formula is C55H106O5. The third-order valence-electron chi connectivity index (χ3n) is 12.3. The zero-order valence-electron chi connectivity index (χ0n) is 41.0. The van der Waals surface area contributed by atoms with E-state index < -0.39 is 6.10 Å². The van der Waals surface area contributed by atoms with Gasteiger partial charge in [-0.25, -0.2) is 0 Å². The van der Waals surface area contributed by atoms with E-state index in [0.29, 0.717) is 26.1 Å². The van der Waals surface area contributed by atoms with Gasteiger partial charge in [-0.1, -0.05) is 258 Å². The summed E-state index contributed by atoms with van der Waals surface area (Å²) in [6.07, 6.45) is 59.3. The third-order valence-corrected chi connectivity index (χ3v) is 12.3. The summed E-state index contributed by atoms with van der Waals surface area (Å²) in [4.78, 5) is 25.4. The molecule has 0 aromatic carbocycles. The molecule has 5 heteroatoms. The number of hydrogen-bond donors (Lipinski definition) is 0. The van der Waals surface area contributed by atoms with E-state index in [2.05, 4.69) is 32.9 Å². The van der Waals surface area contributed by atoms with Gasteiger partial charge in [-0.2, -0.15) is 0 Å². The minimum Gasteiger partial charge on any atom is -0.462 e. The smallest absolute Gasteiger partial charge is 0.306 e. The van der Waals surface area contributed by atoms with Crippen molar-refractivity contribution in [2.24, 2.45) is 0 Å². The van der Waals surface area contributed by atoms with E-state index in [1.54, 1.807) is 0 Å². The fraction of sp³-hybridized carbons (Fsp3) is 0.927. The Bertz CT molecular complexity index is 871. The summed E-state index contributed by atoms with van der Waals surface area (Å²) in [5.74, 6) is -0.379. The third kappa shape index (κ3) is 49.3. The minimum absolute atomic E-state index is 0.0926. The Morgan fingerprint density at radius 3 is 1.02 bits per heavy atom. The van der Waals surface area contributed by atoms with Crippen molar-refractivity contribution in [3.8, 4) is 0 Å². The van der Waals surface area contributed by atoms with Crippen LogP contribution in [0.4, 0.5) is 0 Å². The fourth-order valence-corrected chi connectivity index (χ4v) is 8.21. The number of carbonyl (C=O) groups is 2. The largest absolute Gasteiger partial charge is 0.462 e. The molecule has 0 N–H and O–H groups in total. The van der Waals surface area contributed by atoms with Gasteiger partial charge in [0.1, 0.15) is 6.61 Å². The molecule has 0 fully saturated rings. The predicted molar refractivity (Wildman–Crippen MR) is 261 cm³/mol. The van der Waals surface area contributed by atoms with Crippen molar-refractivity contribution >= 4 is 11.9 Å². The lowest BCUT2D eigenvalue weighted by Crippen LogP contribution is -2.30. The molecule has 1 unspecified atom stereocenters. The highest BCUT2D eigenvalue weighted by molar-refractivity contribution is 5.70. The number of esters is 2. The second-order valence-corrected chi connectivity index (χ2v) is 18.5. The van der Waals surface area contributed by atoms with Gasteiger partial charge in [0.2, 0.25) is 0 Å². The monoisotopic (exact) mass is 847 g/mol. The maximum absolute atomic E-state index is 12.8. The van der Waals surface area contributed by atoms with Gasteiger partial charge in [0.05, 0.1) is 6.61 Å². The molecule has 0 rings (SSSR count). The molecule has 0 aliphatic carbocycles. The molecule has 1 atom stereocenters. The van der Waals surface area contributed by atoms with Crippen molar-refractivity contribution < 1.29 is 23.8 Å². The van der Waals surface area contributed by atoms with Crippen LogP contribution in [0, 0.1) is 0 Å². The van der Waals surface area contributed by atoms with Crippen LogP contribution >= 0.6 is 0 Å². The Morgan fingerprint density at radius 1 is 0.350 bits per heavy atom. The molecule has 0 radical (unpaired) electrons. The van der Waals surface area contributed by atoms with Crippen molar-refractivity contribution in [3.05, 3.63) is 12.2 Å². The minimum atomic E-state index is -0.527. The van der Waals surface area contributed by atoms with Crippen molar-refractivity contribution in [2.75, 3.05) is 19.8 Å². The van der Waals surface area contributed by atoms with Crippen molar-refractivity contribution in [1.29, 1.82) is 0 Å². The summed E-state index contributed by atoms with van der Waals surface area (Å²) >= 11 is 0. The first-order valence-corrected chi connectivity index (χ1v) is 27.2. The molecule has 60 heavy (non-hydrogen) atoms. The summed E-state index contributed by atoms with van der Waals surface area (Å²) < 4.78 is 17.4. The van der Waals surface area contributed by atoms with Gasteiger partial charge in [0.15, 0.2) is 6.10 Å². The van der Waals surface area contributed by atoms with Gasteiger partial charge in [-0.05, 0) is 44.9 Å². The van der Waals surface area contributed by atoms with Gasteiger partial charge in [-0.15, -0.1) is 0 Å². The molecule has 0 heterocycles. The molecule has 0 amide bonds. The highest BCUT2D eigenvalue weighted by Crippen LogP contribution is 2.16. The maximum atomic E-state index is 12.8. The molecule has 0 aliphatic rings. The van der Waals surface area contributed by atoms with E-state index in [4.69, 9.17) is 14.2 Å². The second-order valence-electron chi connectivity index (χ2n) is 18.5. The van der Waals surface area contributed by atoms with Gasteiger partial charge in [0.25, 0.3) is 0 Å². The number of unbranched alkanes of at least 4 members (excludes halogenated alkanes) is 38. The first-order chi connectivity index (χ1) is 29.6. The average Bonchev–Trinajstić information content (AvgIpc) is 3.25. The van der Waals surface area contributed by atoms with Crippen LogP contribution in [0.5, 0.6) is 0 Å². The molecule has 0 saturated heterocycles. The highest BCUT2D eigenvalue weighted by Gasteiger charge is 2.17. The highest BCUT2D eigenvalue weighted by atomic mass is 16.6. The maximum Gasteiger partial charge on any atom is 0.306 e. The van der Waals surface area contributed by atoms with Gasteiger partial charge < -0.3 is 14.2 Å². The van der Waals surface area contributed by atoms with Crippen molar-refractivity contribution in [3.63, 3.8) is 0 Å². The number of carbonyl (C=O) groups excluding carboxylic acids is 2.